The van der Waals surface area contributed by atoms with Gasteiger partial charge in [0.05, 0.1) is 0 Å². The molecule has 98 valence electrons. The number of hydrogen-bond donors (Lipinski definition) is 0. The Morgan fingerprint density at radius 1 is 1.06 bits per heavy atom. The Morgan fingerprint density at radius 3 is 1.94 bits per heavy atom. The molecule has 0 unspecified atom stereocenters. The van der Waals surface area contributed by atoms with Gasteiger partial charge in [-0.2, -0.15) is 11.2 Å². The molecule has 0 aromatic rings. The first-order valence-corrected chi connectivity index (χ1v) is 14.6. The highest BCUT2D eigenvalue weighted by atomic mass is 32.4. The molecule has 16 heavy (non-hydrogen) atoms. The number of rotatable bonds is 7. The minimum Gasteiger partial charge on any atom is -0.418 e. The van der Waals surface area contributed by atoms with E-state index >= 15 is 0 Å². The van der Waals surface area contributed by atoms with Crippen LogP contribution in [0.4, 0.5) is 0 Å². The van der Waals surface area contributed by atoms with Crippen molar-refractivity contribution in [3.05, 3.63) is 0 Å². The maximum atomic E-state index is 5.94. The largest absolute Gasteiger partial charge is 0.418 e. The van der Waals surface area contributed by atoms with E-state index in [-0.39, 0.29) is 0 Å². The lowest BCUT2D eigenvalue weighted by molar-refractivity contribution is 0.312. The van der Waals surface area contributed by atoms with E-state index in [1.807, 2.05) is 0 Å². The third-order valence-electron chi connectivity index (χ3n) is 2.34. The van der Waals surface area contributed by atoms with Gasteiger partial charge in [0.2, 0.25) is 0 Å². The van der Waals surface area contributed by atoms with Gasteiger partial charge >= 0.3 is 0 Å². The van der Waals surface area contributed by atoms with E-state index in [9.17, 15) is 0 Å². The third kappa shape index (κ3) is 8.85. The molecule has 0 saturated carbocycles. The van der Waals surface area contributed by atoms with E-state index < -0.39 is 15.5 Å². The van der Waals surface area contributed by atoms with Crippen molar-refractivity contribution in [2.75, 3.05) is 12.4 Å². The summed E-state index contributed by atoms with van der Waals surface area (Å²) in [7, 11) is -2.40. The molecule has 0 aliphatic carbocycles. The summed E-state index contributed by atoms with van der Waals surface area (Å²) in [5.41, 5.74) is 0.426. The van der Waals surface area contributed by atoms with Gasteiger partial charge < -0.3 is 4.43 Å². The topological polar surface area (TPSA) is 9.23 Å². The van der Waals surface area contributed by atoms with E-state index in [2.05, 4.69) is 64.7 Å². The SMILES string of the molecule is CCO[Si](C)(C)CC(C)(C)CS[Si](C)(C)C. The molecule has 4 heteroatoms. The van der Waals surface area contributed by atoms with Crippen LogP contribution in [0.15, 0.2) is 0 Å². The fourth-order valence-corrected chi connectivity index (χ4v) is 8.95. The molecule has 0 fully saturated rings. The maximum absolute atomic E-state index is 5.94. The highest BCUT2D eigenvalue weighted by Crippen LogP contribution is 2.35. The van der Waals surface area contributed by atoms with Crippen molar-refractivity contribution < 1.29 is 4.43 Å². The van der Waals surface area contributed by atoms with Crippen molar-refractivity contribution in [1.82, 2.24) is 0 Å². The summed E-state index contributed by atoms with van der Waals surface area (Å²) in [4.78, 5) is 0. The highest BCUT2D eigenvalue weighted by molar-refractivity contribution is 8.28. The summed E-state index contributed by atoms with van der Waals surface area (Å²) in [6, 6.07) is 1.27. The number of hydrogen-bond acceptors (Lipinski definition) is 2. The lowest BCUT2D eigenvalue weighted by Gasteiger charge is -2.34. The van der Waals surface area contributed by atoms with Gasteiger partial charge in [-0.15, -0.1) is 0 Å². The molecular weight excluding hydrogens is 248 g/mol. The van der Waals surface area contributed by atoms with Crippen LogP contribution in [0.25, 0.3) is 0 Å². The average Bonchev–Trinajstić information content (AvgIpc) is 1.97. The minimum absolute atomic E-state index is 0.426. The molecule has 0 aliphatic rings. The Morgan fingerprint density at radius 2 is 1.56 bits per heavy atom. The molecule has 0 radical (unpaired) electrons. The average molecular weight is 279 g/mol. The van der Waals surface area contributed by atoms with Gasteiger partial charge in [-0.25, -0.2) is 0 Å². The van der Waals surface area contributed by atoms with E-state index in [0.29, 0.717) is 5.41 Å². The molecule has 0 rings (SSSR count). The van der Waals surface area contributed by atoms with Crippen LogP contribution in [0, 0.1) is 5.41 Å². The van der Waals surface area contributed by atoms with Crippen LogP contribution < -0.4 is 0 Å². The van der Waals surface area contributed by atoms with Crippen molar-refractivity contribution >= 4 is 26.8 Å². The van der Waals surface area contributed by atoms with Gasteiger partial charge in [-0.1, -0.05) is 33.5 Å². The van der Waals surface area contributed by atoms with E-state index in [4.69, 9.17) is 4.43 Å². The highest BCUT2D eigenvalue weighted by Gasteiger charge is 2.32. The van der Waals surface area contributed by atoms with E-state index in [1.165, 1.54) is 11.8 Å². The molecule has 0 N–H and O–H groups in total. The van der Waals surface area contributed by atoms with Crippen LogP contribution in [0.2, 0.25) is 38.8 Å². The first-order chi connectivity index (χ1) is 6.97. The summed E-state index contributed by atoms with van der Waals surface area (Å²) < 4.78 is 5.94. The van der Waals surface area contributed by atoms with Crippen molar-refractivity contribution in [3.8, 4) is 0 Å². The van der Waals surface area contributed by atoms with Crippen molar-refractivity contribution in [3.63, 3.8) is 0 Å². The quantitative estimate of drug-likeness (QED) is 0.617. The van der Waals surface area contributed by atoms with Crippen LogP contribution in [0.5, 0.6) is 0 Å². The van der Waals surface area contributed by atoms with Gasteiger partial charge in [0.1, 0.15) is 7.22 Å². The minimum atomic E-state index is -1.43. The molecular formula is C12H30OSSi2. The summed E-state index contributed by atoms with van der Waals surface area (Å²) in [5, 5.41) is 0. The molecule has 0 aromatic heterocycles. The Labute approximate surface area is 109 Å². The maximum Gasteiger partial charge on any atom is 0.187 e. The third-order valence-corrected chi connectivity index (χ3v) is 10.0. The molecule has 0 spiro atoms. The molecule has 0 heterocycles. The Hall–Kier alpha value is 0.744. The summed E-state index contributed by atoms with van der Waals surface area (Å²) in [5.74, 6) is 1.28. The molecule has 0 atom stereocenters. The van der Waals surface area contributed by atoms with Crippen molar-refractivity contribution in [2.45, 2.75) is 59.6 Å². The first kappa shape index (κ1) is 16.7. The van der Waals surface area contributed by atoms with Gasteiger partial charge in [0.15, 0.2) is 8.32 Å². The zero-order chi connectivity index (χ0) is 13.0. The van der Waals surface area contributed by atoms with Crippen LogP contribution in [-0.4, -0.2) is 27.9 Å². The normalized spacial score (nSPS) is 14.2. The summed E-state index contributed by atoms with van der Waals surface area (Å²) in [6.45, 7) is 19.8. The Balaban J connectivity index is 4.23. The predicted octanol–water partition coefficient (Wildman–Crippen LogP) is 4.82. The second-order valence-corrected chi connectivity index (χ2v) is 20.4. The Kier molecular flexibility index (Phi) is 6.35. The molecule has 0 amide bonds. The second kappa shape index (κ2) is 6.07. The van der Waals surface area contributed by atoms with Crippen molar-refractivity contribution in [2.24, 2.45) is 5.41 Å². The lowest BCUT2D eigenvalue weighted by atomic mass is 10.00. The van der Waals surface area contributed by atoms with Gasteiger partial charge in [-0.3, -0.25) is 0 Å². The molecule has 0 aromatic carbocycles. The fourth-order valence-electron chi connectivity index (χ4n) is 2.06. The second-order valence-electron chi connectivity index (χ2n) is 6.93. The first-order valence-electron chi connectivity index (χ1n) is 6.25. The van der Waals surface area contributed by atoms with Crippen LogP contribution >= 0.6 is 11.2 Å². The smallest absolute Gasteiger partial charge is 0.187 e. The molecule has 1 nitrogen and oxygen atoms in total. The van der Waals surface area contributed by atoms with Gasteiger partial charge in [0, 0.05) is 6.61 Å². The van der Waals surface area contributed by atoms with Crippen molar-refractivity contribution in [1.29, 1.82) is 0 Å². The zero-order valence-electron chi connectivity index (χ0n) is 12.4. The zero-order valence-corrected chi connectivity index (χ0v) is 15.3. The molecule has 0 bridgehead atoms. The van der Waals surface area contributed by atoms with E-state index in [1.54, 1.807) is 0 Å². The van der Waals surface area contributed by atoms with Gasteiger partial charge in [0.25, 0.3) is 0 Å². The lowest BCUT2D eigenvalue weighted by Crippen LogP contribution is -2.37. The molecule has 0 aliphatic heterocycles. The van der Waals surface area contributed by atoms with Crippen LogP contribution in [-0.2, 0) is 4.43 Å². The monoisotopic (exact) mass is 278 g/mol. The molecule has 0 saturated heterocycles. The predicted molar refractivity (Wildman–Crippen MR) is 83.5 cm³/mol. The summed E-state index contributed by atoms with van der Waals surface area (Å²) >= 11 is 2.20. The van der Waals surface area contributed by atoms with Gasteiger partial charge in [-0.05, 0) is 37.2 Å². The van der Waals surface area contributed by atoms with Crippen LogP contribution in [0.3, 0.4) is 0 Å². The fraction of sp³-hybridized carbons (Fsp3) is 1.00. The Bertz CT molecular complexity index is 210. The van der Waals surface area contributed by atoms with Crippen LogP contribution in [0.1, 0.15) is 20.8 Å². The standard InChI is InChI=1S/C12H30OSSi2/c1-9-13-16(7,8)11-12(2,3)10-14-15(4,5)6/h9-11H2,1-8H3. The summed E-state index contributed by atoms with van der Waals surface area (Å²) in [6.07, 6.45) is 0. The van der Waals surface area contributed by atoms with E-state index in [0.717, 1.165) is 6.61 Å².